The van der Waals surface area contributed by atoms with Crippen LogP contribution in [0.1, 0.15) is 12.0 Å². The minimum absolute atomic E-state index is 0.0346. The van der Waals surface area contributed by atoms with Gasteiger partial charge in [-0.1, -0.05) is 21.9 Å². The molecule has 0 bridgehead atoms. The predicted molar refractivity (Wildman–Crippen MR) is 81.2 cm³/mol. The van der Waals surface area contributed by atoms with E-state index in [1.54, 1.807) is 4.90 Å². The summed E-state index contributed by atoms with van der Waals surface area (Å²) in [6, 6.07) is 5.71. The fourth-order valence-electron chi connectivity index (χ4n) is 2.21. The molecule has 0 radical (unpaired) electrons. The van der Waals surface area contributed by atoms with Gasteiger partial charge in [-0.2, -0.15) is 0 Å². The lowest BCUT2D eigenvalue weighted by Crippen LogP contribution is -2.33. The molecule has 0 spiro atoms. The first-order valence-corrected chi connectivity index (χ1v) is 7.10. The quantitative estimate of drug-likeness (QED) is 0.858. The molecule has 1 aromatic carbocycles. The lowest BCUT2D eigenvalue weighted by Gasteiger charge is -2.17. The van der Waals surface area contributed by atoms with Crippen molar-refractivity contribution in [3.05, 3.63) is 28.2 Å². The predicted octanol–water partition coefficient (Wildman–Crippen LogP) is 1.86. The summed E-state index contributed by atoms with van der Waals surface area (Å²) in [7, 11) is 0. The average Bonchev–Trinajstić information content (AvgIpc) is 2.81. The van der Waals surface area contributed by atoms with Crippen molar-refractivity contribution in [1.29, 1.82) is 0 Å². The van der Waals surface area contributed by atoms with Crippen molar-refractivity contribution < 1.29 is 9.59 Å². The maximum absolute atomic E-state index is 12.1. The van der Waals surface area contributed by atoms with Crippen molar-refractivity contribution in [2.24, 2.45) is 5.92 Å². The fraction of sp³-hybridized carbons (Fsp3) is 0.333. The molecule has 2 rings (SSSR count). The fourth-order valence-corrected chi connectivity index (χ4v) is 2.46. The molecule has 0 saturated carbocycles. The minimum Gasteiger partial charge on any atom is -0.345 e. The second kappa shape index (κ2) is 6.10. The highest BCUT2D eigenvalue weighted by Gasteiger charge is 2.34. The molecule has 104 valence electrons. The van der Waals surface area contributed by atoms with Crippen molar-refractivity contribution in [2.45, 2.75) is 13.3 Å². The summed E-state index contributed by atoms with van der Waals surface area (Å²) in [4.78, 5) is 25.6. The SMILES string of the molecule is C#CCNC(=O)C1CC(=O)N(c2ccc(Br)c(C)c2)C1. The van der Waals surface area contributed by atoms with E-state index >= 15 is 0 Å². The van der Waals surface area contributed by atoms with Crippen molar-refractivity contribution in [1.82, 2.24) is 5.32 Å². The van der Waals surface area contributed by atoms with Gasteiger partial charge < -0.3 is 10.2 Å². The number of anilines is 1. The van der Waals surface area contributed by atoms with Gasteiger partial charge in [0.2, 0.25) is 11.8 Å². The van der Waals surface area contributed by atoms with Crippen LogP contribution in [0.15, 0.2) is 22.7 Å². The Balaban J connectivity index is 2.11. The van der Waals surface area contributed by atoms with Gasteiger partial charge in [0.15, 0.2) is 0 Å². The zero-order chi connectivity index (χ0) is 14.7. The maximum Gasteiger partial charge on any atom is 0.227 e. The van der Waals surface area contributed by atoms with Crippen molar-refractivity contribution in [3.8, 4) is 12.3 Å². The molecule has 1 saturated heterocycles. The highest BCUT2D eigenvalue weighted by molar-refractivity contribution is 9.10. The molecule has 1 N–H and O–H groups in total. The second-order valence-electron chi connectivity index (χ2n) is 4.76. The molecule has 20 heavy (non-hydrogen) atoms. The highest BCUT2D eigenvalue weighted by atomic mass is 79.9. The van der Waals surface area contributed by atoms with E-state index in [0.717, 1.165) is 15.7 Å². The summed E-state index contributed by atoms with van der Waals surface area (Å²) in [6.45, 7) is 2.56. The Hall–Kier alpha value is -1.80. The first-order chi connectivity index (χ1) is 9.52. The molecule has 1 aliphatic heterocycles. The summed E-state index contributed by atoms with van der Waals surface area (Å²) in [6.07, 6.45) is 5.33. The number of benzene rings is 1. The van der Waals surface area contributed by atoms with Crippen LogP contribution in [0.25, 0.3) is 0 Å². The van der Waals surface area contributed by atoms with Crippen LogP contribution in [0, 0.1) is 25.2 Å². The van der Waals surface area contributed by atoms with Crippen LogP contribution in [-0.2, 0) is 9.59 Å². The van der Waals surface area contributed by atoms with Crippen LogP contribution in [0.4, 0.5) is 5.69 Å². The molecule has 0 aromatic heterocycles. The van der Waals surface area contributed by atoms with Crippen molar-refractivity contribution in [2.75, 3.05) is 18.0 Å². The number of amides is 2. The molecule has 1 aliphatic rings. The number of carbonyl (C=O) groups is 2. The van der Waals surface area contributed by atoms with Crippen LogP contribution in [0.5, 0.6) is 0 Å². The van der Waals surface area contributed by atoms with Crippen LogP contribution in [0.3, 0.4) is 0 Å². The number of carbonyl (C=O) groups excluding carboxylic acids is 2. The van der Waals surface area contributed by atoms with Crippen LogP contribution in [-0.4, -0.2) is 24.9 Å². The van der Waals surface area contributed by atoms with E-state index in [2.05, 4.69) is 27.2 Å². The summed E-state index contributed by atoms with van der Waals surface area (Å²) < 4.78 is 0.996. The van der Waals surface area contributed by atoms with E-state index in [1.165, 1.54) is 0 Å². The van der Waals surface area contributed by atoms with E-state index in [9.17, 15) is 9.59 Å². The third-order valence-corrected chi connectivity index (χ3v) is 4.20. The van der Waals surface area contributed by atoms with Gasteiger partial charge in [0.05, 0.1) is 12.5 Å². The molecule has 1 aromatic rings. The highest BCUT2D eigenvalue weighted by Crippen LogP contribution is 2.28. The maximum atomic E-state index is 12.1. The summed E-state index contributed by atoms with van der Waals surface area (Å²) in [5.74, 6) is 1.83. The molecule has 2 amide bonds. The van der Waals surface area contributed by atoms with Gasteiger partial charge in [-0.05, 0) is 30.7 Å². The Kier molecular flexibility index (Phi) is 4.46. The Morgan fingerprint density at radius 3 is 3.00 bits per heavy atom. The lowest BCUT2D eigenvalue weighted by molar-refractivity contribution is -0.126. The number of halogens is 1. The van der Waals surface area contributed by atoms with Crippen LogP contribution >= 0.6 is 15.9 Å². The number of nitrogens with zero attached hydrogens (tertiary/aromatic N) is 1. The Morgan fingerprint density at radius 1 is 1.60 bits per heavy atom. The van der Waals surface area contributed by atoms with Gasteiger partial charge in [-0.25, -0.2) is 0 Å². The first-order valence-electron chi connectivity index (χ1n) is 6.30. The third kappa shape index (κ3) is 3.02. The normalized spacial score (nSPS) is 17.9. The van der Waals surface area contributed by atoms with Crippen molar-refractivity contribution >= 4 is 33.4 Å². The lowest BCUT2D eigenvalue weighted by atomic mass is 10.1. The van der Waals surface area contributed by atoms with E-state index in [-0.39, 0.29) is 30.7 Å². The standard InChI is InChI=1S/C15H15BrN2O2/c1-3-6-17-15(20)11-8-14(19)18(9-11)12-4-5-13(16)10(2)7-12/h1,4-5,7,11H,6,8-9H2,2H3,(H,17,20). The largest absolute Gasteiger partial charge is 0.345 e. The van der Waals surface area contributed by atoms with Gasteiger partial charge in [-0.15, -0.1) is 6.42 Å². The monoisotopic (exact) mass is 334 g/mol. The second-order valence-corrected chi connectivity index (χ2v) is 5.62. The number of nitrogens with one attached hydrogen (secondary N) is 1. The first kappa shape index (κ1) is 14.6. The molecule has 1 atom stereocenters. The third-order valence-electron chi connectivity index (χ3n) is 3.31. The van der Waals surface area contributed by atoms with E-state index in [0.29, 0.717) is 6.54 Å². The van der Waals surface area contributed by atoms with Gasteiger partial charge in [0, 0.05) is 23.1 Å². The molecule has 4 nitrogen and oxygen atoms in total. The number of aryl methyl sites for hydroxylation is 1. The number of hydrogen-bond acceptors (Lipinski definition) is 2. The van der Waals surface area contributed by atoms with Crippen LogP contribution < -0.4 is 10.2 Å². The minimum atomic E-state index is -0.334. The van der Waals surface area contributed by atoms with Crippen molar-refractivity contribution in [3.63, 3.8) is 0 Å². The molecular weight excluding hydrogens is 320 g/mol. The molecule has 5 heteroatoms. The molecule has 0 aliphatic carbocycles. The summed E-state index contributed by atoms with van der Waals surface area (Å²) in [5.41, 5.74) is 1.87. The van der Waals surface area contributed by atoms with E-state index < -0.39 is 0 Å². The number of terminal acetylenes is 1. The molecule has 1 heterocycles. The smallest absolute Gasteiger partial charge is 0.227 e. The molecule has 1 unspecified atom stereocenters. The summed E-state index contributed by atoms with van der Waals surface area (Å²) in [5, 5.41) is 2.63. The van der Waals surface area contributed by atoms with Gasteiger partial charge in [0.1, 0.15) is 0 Å². The van der Waals surface area contributed by atoms with Gasteiger partial charge >= 0.3 is 0 Å². The summed E-state index contributed by atoms with van der Waals surface area (Å²) >= 11 is 3.43. The molecule has 1 fully saturated rings. The Morgan fingerprint density at radius 2 is 2.35 bits per heavy atom. The van der Waals surface area contributed by atoms with Crippen LogP contribution in [0.2, 0.25) is 0 Å². The van der Waals surface area contributed by atoms with E-state index in [1.807, 2.05) is 25.1 Å². The van der Waals surface area contributed by atoms with Gasteiger partial charge in [0.25, 0.3) is 0 Å². The Bertz CT molecular complexity index is 592. The topological polar surface area (TPSA) is 49.4 Å². The zero-order valence-corrected chi connectivity index (χ0v) is 12.7. The average molecular weight is 335 g/mol. The zero-order valence-electron chi connectivity index (χ0n) is 11.1. The number of rotatable bonds is 3. The van der Waals surface area contributed by atoms with E-state index in [4.69, 9.17) is 6.42 Å². The Labute approximate surface area is 126 Å². The number of hydrogen-bond donors (Lipinski definition) is 1. The molecular formula is C15H15BrN2O2. The van der Waals surface area contributed by atoms with Gasteiger partial charge in [-0.3, -0.25) is 9.59 Å².